The number of carbonyl (C=O) groups excluding carboxylic acids is 1. The summed E-state index contributed by atoms with van der Waals surface area (Å²) in [6, 6.07) is 7.59. The Labute approximate surface area is 87.9 Å². The molecule has 0 aromatic heterocycles. The molecule has 0 unspecified atom stereocenters. The summed E-state index contributed by atoms with van der Waals surface area (Å²) < 4.78 is 5.46. The summed E-state index contributed by atoms with van der Waals surface area (Å²) in [5.41, 5.74) is 4.06. The summed E-state index contributed by atoms with van der Waals surface area (Å²) in [5.74, 6) is 0.701. The average molecular weight is 204 g/mol. The van der Waals surface area contributed by atoms with Crippen molar-refractivity contribution in [1.29, 1.82) is 0 Å². The highest BCUT2D eigenvalue weighted by molar-refractivity contribution is 6.14. The summed E-state index contributed by atoms with van der Waals surface area (Å²) in [7, 11) is 0. The van der Waals surface area contributed by atoms with E-state index >= 15 is 0 Å². The van der Waals surface area contributed by atoms with E-state index in [1.165, 1.54) is 0 Å². The molecular formula is C11H12N2O2. The molecule has 0 spiro atoms. The molecule has 0 fully saturated rings. The van der Waals surface area contributed by atoms with Gasteiger partial charge in [-0.05, 0) is 19.1 Å². The molecule has 1 aliphatic rings. The maximum Gasteiger partial charge on any atom is 0.246 e. The largest absolute Gasteiger partial charge is 0.493 e. The molecule has 0 aliphatic carbocycles. The van der Waals surface area contributed by atoms with E-state index in [0.717, 1.165) is 17.0 Å². The lowest BCUT2D eigenvalue weighted by Crippen LogP contribution is -2.09. The fourth-order valence-electron chi connectivity index (χ4n) is 1.50. The van der Waals surface area contributed by atoms with E-state index in [4.69, 9.17) is 4.74 Å². The zero-order valence-electron chi connectivity index (χ0n) is 8.49. The molecule has 2 rings (SSSR count). The minimum Gasteiger partial charge on any atom is -0.493 e. The first-order valence-corrected chi connectivity index (χ1v) is 4.89. The molecule has 1 aliphatic heterocycles. The van der Waals surface area contributed by atoms with Crippen molar-refractivity contribution in [3.05, 3.63) is 29.8 Å². The van der Waals surface area contributed by atoms with Gasteiger partial charge >= 0.3 is 0 Å². The van der Waals surface area contributed by atoms with Crippen molar-refractivity contribution in [2.45, 2.75) is 13.3 Å². The van der Waals surface area contributed by atoms with E-state index in [-0.39, 0.29) is 5.91 Å². The molecule has 0 bridgehead atoms. The molecule has 1 aromatic rings. The maximum atomic E-state index is 11.0. The Morgan fingerprint density at radius 1 is 1.47 bits per heavy atom. The summed E-state index contributed by atoms with van der Waals surface area (Å²) in [4.78, 5) is 11.0. The van der Waals surface area contributed by atoms with Crippen molar-refractivity contribution in [3.8, 4) is 5.75 Å². The molecule has 0 radical (unpaired) electrons. The van der Waals surface area contributed by atoms with Crippen LogP contribution in [0, 0.1) is 0 Å². The van der Waals surface area contributed by atoms with Crippen LogP contribution in [0.4, 0.5) is 0 Å². The van der Waals surface area contributed by atoms with Crippen molar-refractivity contribution >= 4 is 11.6 Å². The van der Waals surface area contributed by atoms with Crippen molar-refractivity contribution in [2.75, 3.05) is 6.61 Å². The van der Waals surface area contributed by atoms with Gasteiger partial charge in [-0.1, -0.05) is 12.1 Å². The second-order valence-electron chi connectivity index (χ2n) is 3.20. The van der Waals surface area contributed by atoms with E-state index in [1.54, 1.807) is 0 Å². The lowest BCUT2D eigenvalue weighted by atomic mass is 10.1. The summed E-state index contributed by atoms with van der Waals surface area (Å²) in [6.45, 7) is 2.53. The number of nitrogens with one attached hydrogen (secondary N) is 1. The number of hydrogen-bond acceptors (Lipinski definition) is 3. The smallest absolute Gasteiger partial charge is 0.246 e. The minimum absolute atomic E-state index is 0.0729. The Morgan fingerprint density at radius 2 is 2.27 bits per heavy atom. The monoisotopic (exact) mass is 204 g/mol. The minimum atomic E-state index is -0.0729. The Balaban J connectivity index is 2.31. The molecule has 15 heavy (non-hydrogen) atoms. The Hall–Kier alpha value is -1.84. The molecule has 1 amide bonds. The second kappa shape index (κ2) is 4.13. The van der Waals surface area contributed by atoms with Crippen LogP contribution in [0.2, 0.25) is 0 Å². The van der Waals surface area contributed by atoms with E-state index in [2.05, 4.69) is 10.5 Å². The Kier molecular flexibility index (Phi) is 2.67. The van der Waals surface area contributed by atoms with Gasteiger partial charge in [0, 0.05) is 5.56 Å². The zero-order chi connectivity index (χ0) is 10.7. The highest BCUT2D eigenvalue weighted by atomic mass is 16.5. The molecule has 1 aromatic carbocycles. The molecule has 4 nitrogen and oxygen atoms in total. The van der Waals surface area contributed by atoms with Crippen molar-refractivity contribution in [3.63, 3.8) is 0 Å². The van der Waals surface area contributed by atoms with Crippen LogP contribution in [0.15, 0.2) is 29.4 Å². The van der Waals surface area contributed by atoms with Gasteiger partial charge in [0.1, 0.15) is 5.75 Å². The molecular weight excluding hydrogens is 192 g/mol. The molecule has 4 heteroatoms. The van der Waals surface area contributed by atoms with Crippen LogP contribution in [0.25, 0.3) is 0 Å². The number of hydrogen-bond donors (Lipinski definition) is 1. The number of carbonyl (C=O) groups is 1. The number of ether oxygens (including phenoxy) is 1. The van der Waals surface area contributed by atoms with E-state index in [0.29, 0.717) is 13.0 Å². The number of hydrazone groups is 1. The summed E-state index contributed by atoms with van der Waals surface area (Å²) >= 11 is 0. The van der Waals surface area contributed by atoms with Crippen LogP contribution >= 0.6 is 0 Å². The van der Waals surface area contributed by atoms with Crippen LogP contribution in [-0.2, 0) is 4.79 Å². The second-order valence-corrected chi connectivity index (χ2v) is 3.20. The van der Waals surface area contributed by atoms with E-state index in [1.807, 2.05) is 31.2 Å². The summed E-state index contributed by atoms with van der Waals surface area (Å²) in [6.07, 6.45) is 0.323. The maximum absolute atomic E-state index is 11.0. The number of benzene rings is 1. The van der Waals surface area contributed by atoms with Crippen LogP contribution in [0.5, 0.6) is 5.75 Å². The standard InChI is InChI=1S/C11H12N2O2/c1-2-15-10-6-4-3-5-8(10)9-7-11(14)13-12-9/h3-6H,2,7H2,1H3,(H,13,14). The molecule has 1 heterocycles. The van der Waals surface area contributed by atoms with Crippen LogP contribution in [-0.4, -0.2) is 18.2 Å². The van der Waals surface area contributed by atoms with Gasteiger partial charge < -0.3 is 4.74 Å². The van der Waals surface area contributed by atoms with Crippen molar-refractivity contribution < 1.29 is 9.53 Å². The predicted molar refractivity (Wildman–Crippen MR) is 56.9 cm³/mol. The first kappa shape index (κ1) is 9.71. The van der Waals surface area contributed by atoms with Crippen LogP contribution in [0.3, 0.4) is 0 Å². The lowest BCUT2D eigenvalue weighted by molar-refractivity contribution is -0.119. The lowest BCUT2D eigenvalue weighted by Gasteiger charge is -2.08. The normalized spacial score (nSPS) is 14.7. The Morgan fingerprint density at radius 3 is 2.93 bits per heavy atom. The molecule has 0 atom stereocenters. The molecule has 0 saturated heterocycles. The van der Waals surface area contributed by atoms with Gasteiger partial charge in [0.25, 0.3) is 0 Å². The highest BCUT2D eigenvalue weighted by Gasteiger charge is 2.18. The van der Waals surface area contributed by atoms with Crippen molar-refractivity contribution in [1.82, 2.24) is 5.43 Å². The van der Waals surface area contributed by atoms with Gasteiger partial charge in [-0.3, -0.25) is 4.79 Å². The van der Waals surface area contributed by atoms with Gasteiger partial charge in [-0.25, -0.2) is 5.43 Å². The highest BCUT2D eigenvalue weighted by Crippen LogP contribution is 2.21. The van der Waals surface area contributed by atoms with Gasteiger partial charge in [0.2, 0.25) is 5.91 Å². The fraction of sp³-hybridized carbons (Fsp3) is 0.273. The van der Waals surface area contributed by atoms with Gasteiger partial charge in [-0.2, -0.15) is 5.10 Å². The first-order chi connectivity index (χ1) is 7.31. The van der Waals surface area contributed by atoms with E-state index < -0.39 is 0 Å². The molecule has 1 N–H and O–H groups in total. The predicted octanol–water partition coefficient (Wildman–Crippen LogP) is 1.31. The summed E-state index contributed by atoms with van der Waals surface area (Å²) in [5, 5.41) is 3.97. The average Bonchev–Trinajstić information content (AvgIpc) is 2.66. The Bertz CT molecular complexity index is 413. The molecule has 78 valence electrons. The van der Waals surface area contributed by atoms with E-state index in [9.17, 15) is 4.79 Å². The van der Waals surface area contributed by atoms with Crippen LogP contribution in [0.1, 0.15) is 18.9 Å². The molecule has 0 saturated carbocycles. The van der Waals surface area contributed by atoms with Crippen LogP contribution < -0.4 is 10.2 Å². The van der Waals surface area contributed by atoms with Gasteiger partial charge in [-0.15, -0.1) is 0 Å². The topological polar surface area (TPSA) is 50.7 Å². The number of amides is 1. The van der Waals surface area contributed by atoms with Gasteiger partial charge in [0.15, 0.2) is 0 Å². The third-order valence-corrected chi connectivity index (χ3v) is 2.14. The third-order valence-electron chi connectivity index (χ3n) is 2.14. The number of para-hydroxylation sites is 1. The quantitative estimate of drug-likeness (QED) is 0.807. The van der Waals surface area contributed by atoms with Gasteiger partial charge in [0.05, 0.1) is 18.7 Å². The number of nitrogens with zero attached hydrogens (tertiary/aromatic N) is 1. The third kappa shape index (κ3) is 1.98. The SMILES string of the molecule is CCOc1ccccc1C1=NNC(=O)C1. The zero-order valence-corrected chi connectivity index (χ0v) is 8.49. The van der Waals surface area contributed by atoms with Crippen molar-refractivity contribution in [2.24, 2.45) is 5.10 Å². The number of rotatable bonds is 3. The fourth-order valence-corrected chi connectivity index (χ4v) is 1.50. The first-order valence-electron chi connectivity index (χ1n) is 4.89.